The Bertz CT molecular complexity index is 761. The van der Waals surface area contributed by atoms with Crippen LogP contribution in [0.5, 0.6) is 0 Å². The second kappa shape index (κ2) is 6.75. The summed E-state index contributed by atoms with van der Waals surface area (Å²) in [5.74, 6) is 0.667. The first-order valence-electron chi connectivity index (χ1n) is 7.55. The monoisotopic (exact) mass is 313 g/mol. The fourth-order valence-corrected chi connectivity index (χ4v) is 3.21. The van der Waals surface area contributed by atoms with Crippen molar-refractivity contribution in [3.63, 3.8) is 0 Å². The molecule has 0 radical (unpaired) electrons. The number of amides is 1. The molecule has 0 saturated carbocycles. The molecule has 114 valence electrons. The van der Waals surface area contributed by atoms with E-state index in [0.717, 1.165) is 30.4 Å². The number of carbonyl (C=O) groups is 1. The van der Waals surface area contributed by atoms with Gasteiger partial charge in [0.05, 0.1) is 11.0 Å². The van der Waals surface area contributed by atoms with Gasteiger partial charge in [-0.15, -0.1) is 11.3 Å². The first-order valence-corrected chi connectivity index (χ1v) is 8.43. The minimum absolute atomic E-state index is 0.0149. The number of nitrogens with zero attached hydrogens (tertiary/aromatic N) is 2. The lowest BCUT2D eigenvalue weighted by molar-refractivity contribution is -0.116. The highest BCUT2D eigenvalue weighted by molar-refractivity contribution is 7.09. The van der Waals surface area contributed by atoms with E-state index >= 15 is 0 Å². The molecule has 0 saturated heterocycles. The molecule has 5 heteroatoms. The lowest BCUT2D eigenvalue weighted by Crippen LogP contribution is -2.16. The Labute approximate surface area is 133 Å². The van der Waals surface area contributed by atoms with Gasteiger partial charge in [-0.3, -0.25) is 10.1 Å². The summed E-state index contributed by atoms with van der Waals surface area (Å²) in [7, 11) is 0. The number of hydrogen-bond donors (Lipinski definition) is 1. The van der Waals surface area contributed by atoms with Gasteiger partial charge in [-0.1, -0.05) is 25.1 Å². The van der Waals surface area contributed by atoms with Crippen molar-refractivity contribution in [1.82, 2.24) is 9.55 Å². The maximum Gasteiger partial charge on any atom is 0.227 e. The number of imidazole rings is 1. The molecule has 22 heavy (non-hydrogen) atoms. The van der Waals surface area contributed by atoms with Gasteiger partial charge in [0.2, 0.25) is 11.9 Å². The Balaban J connectivity index is 1.74. The van der Waals surface area contributed by atoms with Gasteiger partial charge in [-0.05, 0) is 36.4 Å². The summed E-state index contributed by atoms with van der Waals surface area (Å²) in [6.45, 7) is 2.97. The van der Waals surface area contributed by atoms with Crippen molar-refractivity contribution in [1.29, 1.82) is 0 Å². The average Bonchev–Trinajstić information content (AvgIpc) is 3.14. The summed E-state index contributed by atoms with van der Waals surface area (Å²) in [4.78, 5) is 18.0. The highest BCUT2D eigenvalue weighted by Gasteiger charge is 2.12. The molecule has 3 aromatic rings. The van der Waals surface area contributed by atoms with Crippen LogP contribution in [0.3, 0.4) is 0 Å². The first kappa shape index (κ1) is 14.8. The molecule has 1 aromatic carbocycles. The summed E-state index contributed by atoms with van der Waals surface area (Å²) in [5, 5.41) is 5.00. The van der Waals surface area contributed by atoms with E-state index in [9.17, 15) is 4.79 Å². The largest absolute Gasteiger partial charge is 0.310 e. The highest BCUT2D eigenvalue weighted by atomic mass is 32.1. The number of hydrogen-bond acceptors (Lipinski definition) is 3. The van der Waals surface area contributed by atoms with Crippen LogP contribution < -0.4 is 5.32 Å². The maximum absolute atomic E-state index is 12.2. The van der Waals surface area contributed by atoms with Crippen LogP contribution in [0.4, 0.5) is 5.95 Å². The molecule has 1 amide bonds. The fourth-order valence-electron chi connectivity index (χ4n) is 2.50. The smallest absolute Gasteiger partial charge is 0.227 e. The number of fused-ring (bicyclic) bond motifs is 1. The van der Waals surface area contributed by atoms with Crippen molar-refractivity contribution in [3.8, 4) is 0 Å². The summed E-state index contributed by atoms with van der Waals surface area (Å²) >= 11 is 1.69. The van der Waals surface area contributed by atoms with Crippen molar-refractivity contribution < 1.29 is 4.79 Å². The van der Waals surface area contributed by atoms with E-state index in [1.807, 2.05) is 35.7 Å². The van der Waals surface area contributed by atoms with Gasteiger partial charge in [-0.25, -0.2) is 4.98 Å². The van der Waals surface area contributed by atoms with Crippen molar-refractivity contribution >= 4 is 34.2 Å². The Morgan fingerprint density at radius 2 is 2.14 bits per heavy atom. The number of para-hydroxylation sites is 2. The molecule has 0 atom stereocenters. The Morgan fingerprint density at radius 1 is 1.27 bits per heavy atom. The molecular formula is C17H19N3OS. The van der Waals surface area contributed by atoms with Gasteiger partial charge in [0.1, 0.15) is 0 Å². The molecule has 3 rings (SSSR count). The topological polar surface area (TPSA) is 46.9 Å². The van der Waals surface area contributed by atoms with Gasteiger partial charge < -0.3 is 4.57 Å². The molecular weight excluding hydrogens is 294 g/mol. The van der Waals surface area contributed by atoms with Crippen molar-refractivity contribution in [2.24, 2.45) is 0 Å². The van der Waals surface area contributed by atoms with E-state index in [4.69, 9.17) is 0 Å². The molecule has 0 fully saturated rings. The van der Waals surface area contributed by atoms with Crippen LogP contribution in [0.1, 0.15) is 24.6 Å². The van der Waals surface area contributed by atoms with Crippen LogP contribution in [0.25, 0.3) is 11.0 Å². The lowest BCUT2D eigenvalue weighted by atomic mass is 10.2. The molecule has 1 N–H and O–H groups in total. The number of anilines is 1. The summed E-state index contributed by atoms with van der Waals surface area (Å²) < 4.78 is 2.08. The van der Waals surface area contributed by atoms with Crippen LogP contribution in [0.2, 0.25) is 0 Å². The number of nitrogens with one attached hydrogen (secondary N) is 1. The molecule has 0 aliphatic rings. The molecule has 0 unspecified atom stereocenters. The van der Waals surface area contributed by atoms with Crippen LogP contribution in [0.15, 0.2) is 41.8 Å². The Hall–Kier alpha value is -2.14. The first-order chi connectivity index (χ1) is 10.8. The molecule has 0 bridgehead atoms. The van der Waals surface area contributed by atoms with E-state index in [1.54, 1.807) is 11.3 Å². The zero-order chi connectivity index (χ0) is 15.4. The van der Waals surface area contributed by atoms with Gasteiger partial charge in [0, 0.05) is 17.8 Å². The standard InChI is InChI=1S/C17H19N3OS/c1-2-11-20-15-8-4-3-7-14(15)18-17(20)19-16(21)10-9-13-6-5-12-22-13/h3-8,12H,2,9-11H2,1H3,(H,18,19,21). The van der Waals surface area contributed by atoms with Crippen LogP contribution in [0, 0.1) is 0 Å². The van der Waals surface area contributed by atoms with Crippen molar-refractivity contribution in [3.05, 3.63) is 46.7 Å². The summed E-state index contributed by atoms with van der Waals surface area (Å²) in [6, 6.07) is 12.1. The molecule has 0 spiro atoms. The Morgan fingerprint density at radius 3 is 2.91 bits per heavy atom. The van der Waals surface area contributed by atoms with Gasteiger partial charge in [0.15, 0.2) is 0 Å². The molecule has 0 aliphatic carbocycles. The minimum atomic E-state index is 0.0149. The average molecular weight is 313 g/mol. The lowest BCUT2D eigenvalue weighted by Gasteiger charge is -2.08. The third kappa shape index (κ3) is 3.20. The normalized spacial score (nSPS) is 11.0. The molecule has 2 aromatic heterocycles. The van der Waals surface area contributed by atoms with Gasteiger partial charge in [0.25, 0.3) is 0 Å². The SMILES string of the molecule is CCCn1c(NC(=O)CCc2cccs2)nc2ccccc21. The predicted octanol–water partition coefficient (Wildman–Crippen LogP) is 4.08. The quantitative estimate of drug-likeness (QED) is 0.745. The maximum atomic E-state index is 12.2. The zero-order valence-electron chi connectivity index (χ0n) is 12.6. The molecule has 2 heterocycles. The number of aryl methyl sites for hydroxylation is 2. The summed E-state index contributed by atoms with van der Waals surface area (Å²) in [6.07, 6.45) is 2.26. The van der Waals surface area contributed by atoms with Gasteiger partial charge >= 0.3 is 0 Å². The van der Waals surface area contributed by atoms with E-state index in [1.165, 1.54) is 4.88 Å². The van der Waals surface area contributed by atoms with Crippen molar-refractivity contribution in [2.45, 2.75) is 32.7 Å². The summed E-state index contributed by atoms with van der Waals surface area (Å²) in [5.41, 5.74) is 1.99. The van der Waals surface area contributed by atoms with Crippen molar-refractivity contribution in [2.75, 3.05) is 5.32 Å². The minimum Gasteiger partial charge on any atom is -0.310 e. The van der Waals surface area contributed by atoms with E-state index in [2.05, 4.69) is 27.9 Å². The van der Waals surface area contributed by atoms with Crippen LogP contribution in [-0.2, 0) is 17.8 Å². The zero-order valence-corrected chi connectivity index (χ0v) is 13.4. The van der Waals surface area contributed by atoms with Gasteiger partial charge in [-0.2, -0.15) is 0 Å². The number of aromatic nitrogens is 2. The molecule has 0 aliphatic heterocycles. The molecule has 4 nitrogen and oxygen atoms in total. The third-order valence-corrected chi connectivity index (χ3v) is 4.47. The van der Waals surface area contributed by atoms with E-state index in [0.29, 0.717) is 12.4 Å². The highest BCUT2D eigenvalue weighted by Crippen LogP contribution is 2.20. The number of carbonyl (C=O) groups excluding carboxylic acids is 1. The third-order valence-electron chi connectivity index (χ3n) is 3.53. The second-order valence-electron chi connectivity index (χ2n) is 5.20. The number of benzene rings is 1. The van der Waals surface area contributed by atoms with Crippen LogP contribution >= 0.6 is 11.3 Å². The fraction of sp³-hybridized carbons (Fsp3) is 0.294. The second-order valence-corrected chi connectivity index (χ2v) is 6.24. The number of thiophene rings is 1. The predicted molar refractivity (Wildman–Crippen MR) is 91.3 cm³/mol. The Kier molecular flexibility index (Phi) is 4.53. The van der Waals surface area contributed by atoms with Crippen LogP contribution in [-0.4, -0.2) is 15.5 Å². The van der Waals surface area contributed by atoms with E-state index < -0.39 is 0 Å². The van der Waals surface area contributed by atoms with E-state index in [-0.39, 0.29) is 5.91 Å². The number of rotatable bonds is 6.